The summed E-state index contributed by atoms with van der Waals surface area (Å²) in [6.45, 7) is 3.73. The van der Waals surface area contributed by atoms with Crippen molar-refractivity contribution in [1.82, 2.24) is 4.98 Å². The van der Waals surface area contributed by atoms with E-state index in [2.05, 4.69) is 11.9 Å². The lowest BCUT2D eigenvalue weighted by atomic mass is 10.0. The number of rotatable bonds is 7. The second-order valence-electron chi connectivity index (χ2n) is 4.39. The molecule has 0 fully saturated rings. The first-order valence-corrected chi connectivity index (χ1v) is 8.22. The zero-order chi connectivity index (χ0) is 13.6. The standard InChI is InChI=1S/C13H22N2O2S/c1-3-11-7-5-9-15-13(11)12(14)8-6-10-18(16,17)4-2/h5,7,9,12H,3-4,6,8,10,14H2,1-2H3. The third kappa shape index (κ3) is 4.38. The van der Waals surface area contributed by atoms with Crippen molar-refractivity contribution < 1.29 is 8.42 Å². The van der Waals surface area contributed by atoms with Gasteiger partial charge in [-0.15, -0.1) is 0 Å². The van der Waals surface area contributed by atoms with Gasteiger partial charge in [-0.05, 0) is 30.9 Å². The van der Waals surface area contributed by atoms with Crippen molar-refractivity contribution in [2.45, 2.75) is 39.2 Å². The molecule has 1 aromatic heterocycles. The van der Waals surface area contributed by atoms with E-state index in [4.69, 9.17) is 5.73 Å². The molecule has 0 aliphatic carbocycles. The summed E-state index contributed by atoms with van der Waals surface area (Å²) in [5.41, 5.74) is 8.12. The molecule has 0 amide bonds. The highest BCUT2D eigenvalue weighted by Gasteiger charge is 2.13. The van der Waals surface area contributed by atoms with E-state index >= 15 is 0 Å². The molecule has 1 aromatic rings. The molecule has 0 saturated heterocycles. The molecule has 0 aliphatic heterocycles. The number of aryl methyl sites for hydroxylation is 1. The molecule has 0 bridgehead atoms. The first-order valence-electron chi connectivity index (χ1n) is 6.40. The van der Waals surface area contributed by atoms with Crippen LogP contribution in [-0.2, 0) is 16.3 Å². The minimum atomic E-state index is -2.89. The van der Waals surface area contributed by atoms with Gasteiger partial charge in [-0.2, -0.15) is 0 Å². The van der Waals surface area contributed by atoms with E-state index in [-0.39, 0.29) is 17.5 Å². The van der Waals surface area contributed by atoms with Crippen molar-refractivity contribution in [3.63, 3.8) is 0 Å². The summed E-state index contributed by atoms with van der Waals surface area (Å²) in [5.74, 6) is 0.414. The van der Waals surface area contributed by atoms with Crippen LogP contribution in [0.25, 0.3) is 0 Å². The predicted molar refractivity (Wildman–Crippen MR) is 74.1 cm³/mol. The van der Waals surface area contributed by atoms with Crippen molar-refractivity contribution in [3.8, 4) is 0 Å². The van der Waals surface area contributed by atoms with Crippen molar-refractivity contribution in [1.29, 1.82) is 0 Å². The fourth-order valence-corrected chi connectivity index (χ4v) is 2.78. The maximum absolute atomic E-state index is 11.4. The number of nitrogens with two attached hydrogens (primary N) is 1. The van der Waals surface area contributed by atoms with E-state index in [1.54, 1.807) is 13.1 Å². The smallest absolute Gasteiger partial charge is 0.150 e. The molecule has 102 valence electrons. The van der Waals surface area contributed by atoms with Gasteiger partial charge in [0.25, 0.3) is 0 Å². The minimum Gasteiger partial charge on any atom is -0.323 e. The van der Waals surface area contributed by atoms with Gasteiger partial charge in [0.1, 0.15) is 9.84 Å². The Morgan fingerprint density at radius 2 is 2.11 bits per heavy atom. The van der Waals surface area contributed by atoms with Crippen LogP contribution in [0, 0.1) is 0 Å². The number of aromatic nitrogens is 1. The maximum Gasteiger partial charge on any atom is 0.150 e. The normalized spacial score (nSPS) is 13.5. The Hall–Kier alpha value is -0.940. The van der Waals surface area contributed by atoms with Crippen molar-refractivity contribution in [3.05, 3.63) is 29.6 Å². The lowest BCUT2D eigenvalue weighted by Crippen LogP contribution is -2.16. The topological polar surface area (TPSA) is 73.0 Å². The number of hydrogen-bond donors (Lipinski definition) is 1. The molecular formula is C13H22N2O2S. The molecule has 0 aliphatic rings. The average Bonchev–Trinajstić information content (AvgIpc) is 2.38. The van der Waals surface area contributed by atoms with Gasteiger partial charge in [0.2, 0.25) is 0 Å². The number of sulfone groups is 1. The summed E-state index contributed by atoms with van der Waals surface area (Å²) >= 11 is 0. The highest BCUT2D eigenvalue weighted by atomic mass is 32.2. The molecule has 0 spiro atoms. The molecule has 1 rings (SSSR count). The molecule has 18 heavy (non-hydrogen) atoms. The zero-order valence-corrected chi connectivity index (χ0v) is 11.9. The molecule has 1 atom stereocenters. The Morgan fingerprint density at radius 3 is 2.72 bits per heavy atom. The van der Waals surface area contributed by atoms with Crippen LogP contribution in [0.1, 0.15) is 44.0 Å². The monoisotopic (exact) mass is 270 g/mol. The highest BCUT2D eigenvalue weighted by molar-refractivity contribution is 7.91. The van der Waals surface area contributed by atoms with Crippen LogP contribution in [0.4, 0.5) is 0 Å². The van der Waals surface area contributed by atoms with Gasteiger partial charge >= 0.3 is 0 Å². The SMILES string of the molecule is CCc1cccnc1C(N)CCCS(=O)(=O)CC. The summed E-state index contributed by atoms with van der Waals surface area (Å²) in [6.07, 6.45) is 3.88. The van der Waals surface area contributed by atoms with Crippen molar-refractivity contribution >= 4 is 9.84 Å². The quantitative estimate of drug-likeness (QED) is 0.820. The van der Waals surface area contributed by atoms with Crippen molar-refractivity contribution in [2.24, 2.45) is 5.73 Å². The molecular weight excluding hydrogens is 248 g/mol. The van der Waals surface area contributed by atoms with Gasteiger partial charge < -0.3 is 5.73 Å². The summed E-state index contributed by atoms with van der Waals surface area (Å²) in [7, 11) is -2.89. The molecule has 0 radical (unpaired) electrons. The minimum absolute atomic E-state index is 0.173. The molecule has 1 heterocycles. The fourth-order valence-electron chi connectivity index (χ4n) is 1.89. The largest absolute Gasteiger partial charge is 0.323 e. The summed E-state index contributed by atoms with van der Waals surface area (Å²) in [6, 6.07) is 3.75. The zero-order valence-electron chi connectivity index (χ0n) is 11.1. The van der Waals surface area contributed by atoms with Gasteiger partial charge in [0, 0.05) is 18.0 Å². The molecule has 4 nitrogen and oxygen atoms in total. The highest BCUT2D eigenvalue weighted by Crippen LogP contribution is 2.18. The molecule has 0 saturated carbocycles. The Balaban J connectivity index is 2.58. The van der Waals surface area contributed by atoms with Crippen LogP contribution in [-0.4, -0.2) is 24.9 Å². The van der Waals surface area contributed by atoms with E-state index in [1.807, 2.05) is 12.1 Å². The first-order chi connectivity index (χ1) is 8.50. The Morgan fingerprint density at radius 1 is 1.39 bits per heavy atom. The molecule has 0 aromatic carbocycles. The van der Waals surface area contributed by atoms with E-state index in [0.717, 1.165) is 17.7 Å². The lowest BCUT2D eigenvalue weighted by molar-refractivity contribution is 0.579. The number of hydrogen-bond acceptors (Lipinski definition) is 4. The molecule has 5 heteroatoms. The lowest BCUT2D eigenvalue weighted by Gasteiger charge is -2.14. The third-order valence-corrected chi connectivity index (χ3v) is 4.86. The van der Waals surface area contributed by atoms with Gasteiger partial charge in [0.15, 0.2) is 0 Å². The predicted octanol–water partition coefficient (Wildman–Crippen LogP) is 1.86. The van der Waals surface area contributed by atoms with Crippen LogP contribution in [0.5, 0.6) is 0 Å². The van der Waals surface area contributed by atoms with Crippen LogP contribution in [0.15, 0.2) is 18.3 Å². The summed E-state index contributed by atoms with van der Waals surface area (Å²) < 4.78 is 22.8. The van der Waals surface area contributed by atoms with Crippen molar-refractivity contribution in [2.75, 3.05) is 11.5 Å². The first kappa shape index (κ1) is 15.1. The van der Waals surface area contributed by atoms with E-state index in [1.165, 1.54) is 0 Å². The van der Waals surface area contributed by atoms with Crippen LogP contribution in [0.3, 0.4) is 0 Å². The van der Waals surface area contributed by atoms with Gasteiger partial charge in [-0.1, -0.05) is 19.9 Å². The second-order valence-corrected chi connectivity index (χ2v) is 6.86. The third-order valence-electron chi connectivity index (χ3n) is 3.07. The van der Waals surface area contributed by atoms with Crippen LogP contribution in [0.2, 0.25) is 0 Å². The number of pyridine rings is 1. The summed E-state index contributed by atoms with van der Waals surface area (Å²) in [4.78, 5) is 4.31. The Kier molecular flexibility index (Phi) is 5.75. The Bertz CT molecular complexity index is 472. The number of nitrogens with zero attached hydrogens (tertiary/aromatic N) is 1. The van der Waals surface area contributed by atoms with Crippen LogP contribution < -0.4 is 5.73 Å². The maximum atomic E-state index is 11.4. The second kappa shape index (κ2) is 6.85. The fraction of sp³-hybridized carbons (Fsp3) is 0.615. The Labute approximate surface area is 110 Å². The van der Waals surface area contributed by atoms with Gasteiger partial charge in [-0.3, -0.25) is 4.98 Å². The van der Waals surface area contributed by atoms with E-state index in [0.29, 0.717) is 12.8 Å². The molecule has 1 unspecified atom stereocenters. The summed E-state index contributed by atoms with van der Waals surface area (Å²) in [5, 5.41) is 0. The van der Waals surface area contributed by atoms with Gasteiger partial charge in [-0.25, -0.2) is 8.42 Å². The average molecular weight is 270 g/mol. The van der Waals surface area contributed by atoms with E-state index in [9.17, 15) is 8.42 Å². The van der Waals surface area contributed by atoms with E-state index < -0.39 is 9.84 Å². The van der Waals surface area contributed by atoms with Crippen LogP contribution >= 0.6 is 0 Å². The molecule has 2 N–H and O–H groups in total. The van der Waals surface area contributed by atoms with Gasteiger partial charge in [0.05, 0.1) is 11.4 Å².